The van der Waals surface area contributed by atoms with Gasteiger partial charge in [-0.2, -0.15) is 0 Å². The van der Waals surface area contributed by atoms with E-state index < -0.39 is 0 Å². The molecular weight excluding hydrogens is 176 g/mol. The zero-order valence-corrected chi connectivity index (χ0v) is 9.49. The van der Waals surface area contributed by atoms with Crippen molar-refractivity contribution in [2.24, 2.45) is 11.7 Å². The molecule has 82 valence electrons. The summed E-state index contributed by atoms with van der Waals surface area (Å²) >= 11 is 0. The van der Waals surface area contributed by atoms with Crippen LogP contribution in [0.15, 0.2) is 0 Å². The average molecular weight is 198 g/mol. The Hall–Kier alpha value is -0.570. The number of carbonyl (C=O) groups is 1. The van der Waals surface area contributed by atoms with E-state index in [2.05, 4.69) is 0 Å². The first-order chi connectivity index (χ1) is 6.56. The minimum atomic E-state index is 0.0929. The fourth-order valence-electron chi connectivity index (χ4n) is 1.84. The Kier molecular flexibility index (Phi) is 3.93. The molecule has 14 heavy (non-hydrogen) atoms. The Morgan fingerprint density at radius 1 is 1.50 bits per heavy atom. The van der Waals surface area contributed by atoms with Crippen molar-refractivity contribution in [1.82, 2.24) is 4.90 Å². The number of nitrogens with two attached hydrogens (primary N) is 1. The lowest BCUT2D eigenvalue weighted by Gasteiger charge is -2.26. The van der Waals surface area contributed by atoms with Crippen molar-refractivity contribution in [2.45, 2.75) is 52.1 Å². The zero-order chi connectivity index (χ0) is 10.7. The normalized spacial score (nSPS) is 18.4. The van der Waals surface area contributed by atoms with E-state index in [1.165, 1.54) is 12.8 Å². The van der Waals surface area contributed by atoms with E-state index in [0.717, 1.165) is 6.54 Å². The van der Waals surface area contributed by atoms with Gasteiger partial charge in [0.15, 0.2) is 0 Å². The lowest BCUT2D eigenvalue weighted by molar-refractivity contribution is -0.133. The van der Waals surface area contributed by atoms with Crippen molar-refractivity contribution in [1.29, 1.82) is 0 Å². The first-order valence-corrected chi connectivity index (χ1v) is 5.61. The van der Waals surface area contributed by atoms with E-state index in [1.807, 2.05) is 25.7 Å². The van der Waals surface area contributed by atoms with Crippen LogP contribution in [-0.4, -0.2) is 29.4 Å². The fourth-order valence-corrected chi connectivity index (χ4v) is 1.84. The molecule has 3 nitrogen and oxygen atoms in total. The Morgan fingerprint density at radius 2 is 2.07 bits per heavy atom. The molecule has 0 saturated heterocycles. The molecular formula is C11H22N2O. The molecule has 0 bridgehead atoms. The molecule has 3 heteroatoms. The first kappa shape index (κ1) is 11.5. The highest BCUT2D eigenvalue weighted by Crippen LogP contribution is 2.33. The number of carbonyl (C=O) groups excluding carboxylic acids is 1. The molecule has 1 fully saturated rings. The number of nitrogens with zero attached hydrogens (tertiary/aromatic N) is 1. The molecule has 0 aromatic heterocycles. The molecule has 0 aliphatic heterocycles. The highest BCUT2D eigenvalue weighted by Gasteiger charge is 2.31. The summed E-state index contributed by atoms with van der Waals surface area (Å²) in [5.74, 6) is 0.826. The van der Waals surface area contributed by atoms with Crippen LogP contribution in [0.4, 0.5) is 0 Å². The van der Waals surface area contributed by atoms with Crippen LogP contribution < -0.4 is 5.73 Å². The van der Waals surface area contributed by atoms with Crippen LogP contribution >= 0.6 is 0 Å². The molecule has 2 N–H and O–H groups in total. The van der Waals surface area contributed by atoms with Gasteiger partial charge in [0, 0.05) is 25.0 Å². The Morgan fingerprint density at radius 3 is 2.43 bits per heavy atom. The minimum Gasteiger partial charge on any atom is -0.341 e. The van der Waals surface area contributed by atoms with Crippen molar-refractivity contribution in [2.75, 3.05) is 6.54 Å². The molecule has 1 saturated carbocycles. The van der Waals surface area contributed by atoms with Gasteiger partial charge in [-0.1, -0.05) is 0 Å². The van der Waals surface area contributed by atoms with E-state index in [9.17, 15) is 4.79 Å². The van der Waals surface area contributed by atoms with E-state index in [1.54, 1.807) is 0 Å². The van der Waals surface area contributed by atoms with Gasteiger partial charge in [-0.25, -0.2) is 0 Å². The molecule has 1 amide bonds. The maximum absolute atomic E-state index is 11.8. The number of hydrogen-bond acceptors (Lipinski definition) is 2. The lowest BCUT2D eigenvalue weighted by atomic mass is 10.1. The average Bonchev–Trinajstić information content (AvgIpc) is 2.85. The van der Waals surface area contributed by atoms with Crippen LogP contribution in [0.3, 0.4) is 0 Å². The van der Waals surface area contributed by atoms with E-state index in [0.29, 0.717) is 18.4 Å². The second-order valence-corrected chi connectivity index (χ2v) is 4.48. The third-order valence-corrected chi connectivity index (χ3v) is 2.92. The smallest absolute Gasteiger partial charge is 0.224 e. The maximum Gasteiger partial charge on any atom is 0.224 e. The minimum absolute atomic E-state index is 0.0929. The van der Waals surface area contributed by atoms with Gasteiger partial charge >= 0.3 is 0 Å². The Balaban J connectivity index is 2.37. The molecule has 0 aromatic carbocycles. The molecule has 0 radical (unpaired) electrons. The van der Waals surface area contributed by atoms with Crippen LogP contribution in [0.2, 0.25) is 0 Å². The van der Waals surface area contributed by atoms with Gasteiger partial charge in [0.1, 0.15) is 0 Å². The van der Waals surface area contributed by atoms with Gasteiger partial charge in [-0.3, -0.25) is 4.79 Å². The van der Waals surface area contributed by atoms with Gasteiger partial charge < -0.3 is 10.6 Å². The van der Waals surface area contributed by atoms with Crippen molar-refractivity contribution in [3.8, 4) is 0 Å². The largest absolute Gasteiger partial charge is 0.341 e. The van der Waals surface area contributed by atoms with Crippen LogP contribution in [0.5, 0.6) is 0 Å². The summed E-state index contributed by atoms with van der Waals surface area (Å²) in [4.78, 5) is 13.7. The van der Waals surface area contributed by atoms with Crippen molar-refractivity contribution < 1.29 is 4.79 Å². The van der Waals surface area contributed by atoms with Crippen molar-refractivity contribution in [3.63, 3.8) is 0 Å². The first-order valence-electron chi connectivity index (χ1n) is 5.61. The quantitative estimate of drug-likeness (QED) is 0.725. The zero-order valence-electron chi connectivity index (χ0n) is 9.49. The topological polar surface area (TPSA) is 46.3 Å². The predicted octanol–water partition coefficient (Wildman–Crippen LogP) is 1.37. The summed E-state index contributed by atoms with van der Waals surface area (Å²) in [6.07, 6.45) is 2.95. The van der Waals surface area contributed by atoms with Crippen molar-refractivity contribution >= 4 is 5.91 Å². The molecule has 0 spiro atoms. The predicted molar refractivity (Wildman–Crippen MR) is 57.8 cm³/mol. The van der Waals surface area contributed by atoms with Crippen LogP contribution in [0, 0.1) is 5.92 Å². The van der Waals surface area contributed by atoms with Gasteiger partial charge in [0.25, 0.3) is 0 Å². The third kappa shape index (κ3) is 2.98. The standard InChI is InChI=1S/C11H22N2O/c1-4-13(8(2)3)11(14)7-10(12)9-5-6-9/h8-10H,4-7,12H2,1-3H3. The summed E-state index contributed by atoms with van der Waals surface area (Å²) in [5, 5.41) is 0. The second-order valence-electron chi connectivity index (χ2n) is 4.48. The molecule has 0 aromatic rings. The molecule has 0 heterocycles. The highest BCUT2D eigenvalue weighted by atomic mass is 16.2. The summed E-state index contributed by atoms with van der Waals surface area (Å²) in [7, 11) is 0. The van der Waals surface area contributed by atoms with Crippen LogP contribution in [-0.2, 0) is 4.79 Å². The number of hydrogen-bond donors (Lipinski definition) is 1. The fraction of sp³-hybridized carbons (Fsp3) is 0.909. The SMILES string of the molecule is CCN(C(=O)CC(N)C1CC1)C(C)C. The Bertz CT molecular complexity index is 199. The Labute approximate surface area is 86.6 Å². The van der Waals surface area contributed by atoms with Crippen LogP contribution in [0.1, 0.15) is 40.0 Å². The highest BCUT2D eigenvalue weighted by molar-refractivity contribution is 5.77. The number of amides is 1. The summed E-state index contributed by atoms with van der Waals surface area (Å²) < 4.78 is 0. The second kappa shape index (κ2) is 4.78. The third-order valence-electron chi connectivity index (χ3n) is 2.92. The van der Waals surface area contributed by atoms with Gasteiger partial charge in [0.05, 0.1) is 0 Å². The molecule has 1 aliphatic carbocycles. The van der Waals surface area contributed by atoms with Gasteiger partial charge in [0.2, 0.25) is 5.91 Å². The molecule has 1 aliphatic rings. The van der Waals surface area contributed by atoms with E-state index in [4.69, 9.17) is 5.73 Å². The van der Waals surface area contributed by atoms with E-state index in [-0.39, 0.29) is 11.9 Å². The molecule has 1 atom stereocenters. The van der Waals surface area contributed by atoms with Crippen molar-refractivity contribution in [3.05, 3.63) is 0 Å². The molecule has 1 rings (SSSR count). The van der Waals surface area contributed by atoms with Gasteiger partial charge in [-0.15, -0.1) is 0 Å². The summed E-state index contributed by atoms with van der Waals surface area (Å²) in [6.45, 7) is 6.89. The number of rotatable bonds is 5. The monoisotopic (exact) mass is 198 g/mol. The molecule has 1 unspecified atom stereocenters. The van der Waals surface area contributed by atoms with Gasteiger partial charge in [-0.05, 0) is 39.5 Å². The van der Waals surface area contributed by atoms with E-state index >= 15 is 0 Å². The summed E-state index contributed by atoms with van der Waals surface area (Å²) in [5.41, 5.74) is 5.93. The van der Waals surface area contributed by atoms with Crippen LogP contribution in [0.25, 0.3) is 0 Å². The maximum atomic E-state index is 11.8. The summed E-state index contributed by atoms with van der Waals surface area (Å²) in [6, 6.07) is 0.384. The lowest BCUT2D eigenvalue weighted by Crippen LogP contribution is -2.40.